The third-order valence-electron chi connectivity index (χ3n) is 6.29. The zero-order valence-corrected chi connectivity index (χ0v) is 17.8. The van der Waals surface area contributed by atoms with Gasteiger partial charge in [0.05, 0.1) is 25.9 Å². The van der Waals surface area contributed by atoms with Gasteiger partial charge in [-0.25, -0.2) is 4.68 Å². The lowest BCUT2D eigenvalue weighted by molar-refractivity contribution is 0.0211. The molecule has 0 unspecified atom stereocenters. The Hall–Kier alpha value is -2.78. The highest BCUT2D eigenvalue weighted by Crippen LogP contribution is 2.34. The van der Waals surface area contributed by atoms with Crippen LogP contribution in [-0.4, -0.2) is 63.0 Å². The Morgan fingerprint density at radius 3 is 2.81 bits per heavy atom. The van der Waals surface area contributed by atoms with Crippen molar-refractivity contribution in [3.63, 3.8) is 0 Å². The summed E-state index contributed by atoms with van der Waals surface area (Å²) < 4.78 is 13.2. The van der Waals surface area contributed by atoms with Crippen LogP contribution in [0.1, 0.15) is 56.1 Å². The maximum absolute atomic E-state index is 13.2. The van der Waals surface area contributed by atoms with Crippen LogP contribution in [0.5, 0.6) is 5.75 Å². The standard InChI is InChI=1S/C22H28N6O3/c1-2-31-17-7-8-19-15(13-17)14-18(22(29)23-19)20(27-9-11-30-12-10-27)21-24-25-26-28(21)16-5-3-4-6-16/h7-8,13-14,16,20H,2-6,9-12H2,1H3,(H,23,29)/t20-/m1/s1. The molecule has 5 rings (SSSR count). The first-order valence-electron chi connectivity index (χ1n) is 11.1. The van der Waals surface area contributed by atoms with Crippen molar-refractivity contribution in [2.45, 2.75) is 44.7 Å². The fraction of sp³-hybridized carbons (Fsp3) is 0.545. The zero-order chi connectivity index (χ0) is 21.2. The van der Waals surface area contributed by atoms with Gasteiger partial charge in [0.25, 0.3) is 5.56 Å². The predicted octanol–water partition coefficient (Wildman–Crippen LogP) is 2.45. The lowest BCUT2D eigenvalue weighted by atomic mass is 10.0. The number of benzene rings is 1. The van der Waals surface area contributed by atoms with Crippen molar-refractivity contribution in [1.29, 1.82) is 0 Å². The molecule has 164 valence electrons. The van der Waals surface area contributed by atoms with E-state index in [0.29, 0.717) is 25.4 Å². The molecule has 1 atom stereocenters. The van der Waals surface area contributed by atoms with E-state index in [1.807, 2.05) is 35.9 Å². The topological polar surface area (TPSA) is 98.2 Å². The quantitative estimate of drug-likeness (QED) is 0.649. The number of nitrogens with zero attached hydrogens (tertiary/aromatic N) is 5. The highest BCUT2D eigenvalue weighted by Gasteiger charge is 2.33. The molecule has 2 fully saturated rings. The molecule has 1 aliphatic heterocycles. The number of fused-ring (bicyclic) bond motifs is 1. The summed E-state index contributed by atoms with van der Waals surface area (Å²) in [6, 6.07) is 7.65. The van der Waals surface area contributed by atoms with Crippen LogP contribution >= 0.6 is 0 Å². The van der Waals surface area contributed by atoms with E-state index < -0.39 is 0 Å². The Morgan fingerprint density at radius 2 is 2.03 bits per heavy atom. The number of tetrazole rings is 1. The molecule has 3 aromatic rings. The Morgan fingerprint density at radius 1 is 1.23 bits per heavy atom. The number of nitrogens with one attached hydrogen (secondary N) is 1. The maximum Gasteiger partial charge on any atom is 0.253 e. The van der Waals surface area contributed by atoms with Crippen molar-refractivity contribution >= 4 is 10.9 Å². The van der Waals surface area contributed by atoms with Gasteiger partial charge < -0.3 is 14.5 Å². The zero-order valence-electron chi connectivity index (χ0n) is 17.8. The minimum Gasteiger partial charge on any atom is -0.494 e. The maximum atomic E-state index is 13.2. The van der Waals surface area contributed by atoms with Gasteiger partial charge in [0.15, 0.2) is 5.82 Å². The van der Waals surface area contributed by atoms with Crippen molar-refractivity contribution in [2.24, 2.45) is 0 Å². The molecular formula is C22H28N6O3. The number of hydrogen-bond acceptors (Lipinski definition) is 7. The van der Waals surface area contributed by atoms with Crippen molar-refractivity contribution in [1.82, 2.24) is 30.1 Å². The van der Waals surface area contributed by atoms with Crippen LogP contribution in [0.25, 0.3) is 10.9 Å². The van der Waals surface area contributed by atoms with E-state index in [2.05, 4.69) is 25.4 Å². The molecule has 1 saturated carbocycles. The fourth-order valence-electron chi connectivity index (χ4n) is 4.79. The van der Waals surface area contributed by atoms with Crippen molar-refractivity contribution in [3.8, 4) is 5.75 Å². The molecule has 1 saturated heterocycles. The molecule has 2 aromatic heterocycles. The van der Waals surface area contributed by atoms with Crippen LogP contribution in [-0.2, 0) is 4.74 Å². The second kappa shape index (κ2) is 8.76. The third-order valence-corrected chi connectivity index (χ3v) is 6.29. The number of hydrogen-bond donors (Lipinski definition) is 1. The number of H-pyrrole nitrogens is 1. The number of morpholine rings is 1. The van der Waals surface area contributed by atoms with E-state index in [0.717, 1.165) is 48.4 Å². The first-order chi connectivity index (χ1) is 15.2. The Labute approximate surface area is 180 Å². The Balaban J connectivity index is 1.63. The van der Waals surface area contributed by atoms with Crippen LogP contribution in [0.2, 0.25) is 0 Å². The average Bonchev–Trinajstić information content (AvgIpc) is 3.48. The Bertz CT molecular complexity index is 1100. The summed E-state index contributed by atoms with van der Waals surface area (Å²) in [6.45, 7) is 5.24. The molecule has 31 heavy (non-hydrogen) atoms. The third kappa shape index (κ3) is 3.95. The summed E-state index contributed by atoms with van der Waals surface area (Å²) >= 11 is 0. The van der Waals surface area contributed by atoms with E-state index >= 15 is 0 Å². The minimum absolute atomic E-state index is 0.117. The largest absolute Gasteiger partial charge is 0.494 e. The van der Waals surface area contributed by atoms with Gasteiger partial charge in [-0.2, -0.15) is 0 Å². The van der Waals surface area contributed by atoms with Gasteiger partial charge in [-0.15, -0.1) is 5.10 Å². The summed E-state index contributed by atoms with van der Waals surface area (Å²) in [5.74, 6) is 1.52. The van der Waals surface area contributed by atoms with Crippen molar-refractivity contribution in [2.75, 3.05) is 32.9 Å². The highest BCUT2D eigenvalue weighted by atomic mass is 16.5. The van der Waals surface area contributed by atoms with Crippen molar-refractivity contribution < 1.29 is 9.47 Å². The van der Waals surface area contributed by atoms with E-state index in [1.165, 1.54) is 12.8 Å². The van der Waals surface area contributed by atoms with Gasteiger partial charge in [0, 0.05) is 29.6 Å². The van der Waals surface area contributed by atoms with Crippen LogP contribution in [0.4, 0.5) is 0 Å². The second-order valence-electron chi connectivity index (χ2n) is 8.21. The van der Waals surface area contributed by atoms with Gasteiger partial charge in [-0.1, -0.05) is 12.8 Å². The summed E-state index contributed by atoms with van der Waals surface area (Å²) in [6.07, 6.45) is 4.51. The normalized spacial score (nSPS) is 19.1. The molecule has 0 amide bonds. The summed E-state index contributed by atoms with van der Waals surface area (Å²) in [4.78, 5) is 18.5. The SMILES string of the molecule is CCOc1ccc2[nH]c(=O)c([C@H](c3nnnn3C3CCCC3)N3CCOCC3)cc2c1. The molecular weight excluding hydrogens is 396 g/mol. The lowest BCUT2D eigenvalue weighted by Crippen LogP contribution is -2.42. The number of rotatable bonds is 6. The van der Waals surface area contributed by atoms with Gasteiger partial charge >= 0.3 is 0 Å². The van der Waals surface area contributed by atoms with E-state index in [4.69, 9.17) is 9.47 Å². The van der Waals surface area contributed by atoms with E-state index in [-0.39, 0.29) is 17.6 Å². The average molecular weight is 425 g/mol. The monoisotopic (exact) mass is 424 g/mol. The number of ether oxygens (including phenoxy) is 2. The molecule has 9 heteroatoms. The predicted molar refractivity (Wildman–Crippen MR) is 115 cm³/mol. The highest BCUT2D eigenvalue weighted by molar-refractivity contribution is 5.80. The van der Waals surface area contributed by atoms with Gasteiger partial charge in [-0.3, -0.25) is 9.69 Å². The van der Waals surface area contributed by atoms with E-state index in [9.17, 15) is 4.79 Å². The van der Waals surface area contributed by atoms with Crippen LogP contribution in [0.3, 0.4) is 0 Å². The number of pyridine rings is 1. The Kier molecular flexibility index (Phi) is 5.69. The van der Waals surface area contributed by atoms with E-state index in [1.54, 1.807) is 0 Å². The van der Waals surface area contributed by atoms with Crippen LogP contribution < -0.4 is 10.3 Å². The second-order valence-corrected chi connectivity index (χ2v) is 8.21. The molecule has 0 spiro atoms. The smallest absolute Gasteiger partial charge is 0.253 e. The van der Waals surface area contributed by atoms with Gasteiger partial charge in [0.2, 0.25) is 0 Å². The lowest BCUT2D eigenvalue weighted by Gasteiger charge is -2.34. The molecule has 2 aliphatic rings. The first kappa shape index (κ1) is 20.1. The molecule has 9 nitrogen and oxygen atoms in total. The van der Waals surface area contributed by atoms with Crippen molar-refractivity contribution in [3.05, 3.63) is 46.0 Å². The summed E-state index contributed by atoms with van der Waals surface area (Å²) in [7, 11) is 0. The minimum atomic E-state index is -0.330. The fourth-order valence-corrected chi connectivity index (χ4v) is 4.79. The summed E-state index contributed by atoms with van der Waals surface area (Å²) in [5, 5.41) is 13.7. The van der Waals surface area contributed by atoms with Crippen LogP contribution in [0, 0.1) is 0 Å². The van der Waals surface area contributed by atoms with Gasteiger partial charge in [-0.05, 0) is 54.5 Å². The molecule has 1 aromatic carbocycles. The first-order valence-corrected chi connectivity index (χ1v) is 11.1. The molecule has 0 bridgehead atoms. The molecule has 3 heterocycles. The van der Waals surface area contributed by atoms with Gasteiger partial charge in [0.1, 0.15) is 11.8 Å². The number of aromatic amines is 1. The molecule has 1 aliphatic carbocycles. The molecule has 1 N–H and O–H groups in total. The molecule has 0 radical (unpaired) electrons. The van der Waals surface area contributed by atoms with Crippen LogP contribution in [0.15, 0.2) is 29.1 Å². The number of aromatic nitrogens is 5. The summed E-state index contributed by atoms with van der Waals surface area (Å²) in [5.41, 5.74) is 1.32.